The number of nitrogens with zero attached hydrogens (tertiary/aromatic N) is 3. The molecule has 0 saturated carbocycles. The highest BCUT2D eigenvalue weighted by Crippen LogP contribution is 2.28. The van der Waals surface area contributed by atoms with Crippen LogP contribution in [0.1, 0.15) is 22.3 Å². The van der Waals surface area contributed by atoms with Crippen LogP contribution in [0, 0.1) is 13.8 Å². The molecule has 0 spiro atoms. The molecule has 2 aliphatic heterocycles. The quantitative estimate of drug-likeness (QED) is 0.430. The van der Waals surface area contributed by atoms with E-state index in [9.17, 15) is 4.79 Å². The van der Waals surface area contributed by atoms with Crippen molar-refractivity contribution in [2.75, 3.05) is 0 Å². The molecule has 3 aromatic rings. The zero-order valence-corrected chi connectivity index (χ0v) is 17.2. The first-order valence-corrected chi connectivity index (χ1v) is 10.2. The molecule has 0 aromatic heterocycles. The Kier molecular flexibility index (Phi) is 4.47. The minimum Gasteiger partial charge on any atom is -0.342 e. The summed E-state index contributed by atoms with van der Waals surface area (Å²) in [5.74, 6) is 0. The summed E-state index contributed by atoms with van der Waals surface area (Å²) in [6, 6.07) is 24.9. The molecule has 4 heteroatoms. The van der Waals surface area contributed by atoms with Gasteiger partial charge in [0.2, 0.25) is 0 Å². The van der Waals surface area contributed by atoms with Gasteiger partial charge in [0.1, 0.15) is 5.69 Å². The first-order valence-electron chi connectivity index (χ1n) is 10.2. The lowest BCUT2D eigenvalue weighted by Crippen LogP contribution is -2.17. The minimum absolute atomic E-state index is 0.0469. The standard InChI is InChI=1S/C26H23N3O/c1-18-10-12-20(13-11-18)16-29-26(30)23-17-28(15-21-7-5-6-19(2)14-21)24-9-4-3-8-22(24)25(23)27-29/h3-14,17H,15-16H2,1-2H3. The van der Waals surface area contributed by atoms with E-state index in [1.165, 1.54) is 16.7 Å². The summed E-state index contributed by atoms with van der Waals surface area (Å²) in [6.45, 7) is 5.34. The van der Waals surface area contributed by atoms with Gasteiger partial charge in [-0.25, -0.2) is 4.68 Å². The molecular formula is C26H23N3O. The third kappa shape index (κ3) is 3.30. The van der Waals surface area contributed by atoms with Crippen molar-refractivity contribution in [3.63, 3.8) is 0 Å². The zero-order chi connectivity index (χ0) is 20.7. The van der Waals surface area contributed by atoms with Crippen LogP contribution in [-0.2, 0) is 13.1 Å². The molecule has 30 heavy (non-hydrogen) atoms. The van der Waals surface area contributed by atoms with Crippen LogP contribution in [-0.4, -0.2) is 14.3 Å². The SMILES string of the molecule is Cc1ccc(Cn2nc3c4ccccc4n(Cc4cccc(C)c4)cc-3c2=O)cc1. The summed E-state index contributed by atoms with van der Waals surface area (Å²) >= 11 is 0. The van der Waals surface area contributed by atoms with Crippen LogP contribution in [0.5, 0.6) is 0 Å². The third-order valence-electron chi connectivity index (χ3n) is 5.58. The van der Waals surface area contributed by atoms with Crippen LogP contribution in [0.4, 0.5) is 0 Å². The second kappa shape index (κ2) is 7.30. The fourth-order valence-electron chi connectivity index (χ4n) is 4.04. The highest BCUT2D eigenvalue weighted by molar-refractivity contribution is 5.93. The Bertz CT molecular complexity index is 1380. The number of para-hydroxylation sites is 1. The Labute approximate surface area is 175 Å². The maximum Gasteiger partial charge on any atom is 0.278 e. The number of hydrogen-bond acceptors (Lipinski definition) is 2. The Hall–Kier alpha value is -3.66. The van der Waals surface area contributed by atoms with Crippen molar-refractivity contribution in [2.24, 2.45) is 0 Å². The van der Waals surface area contributed by atoms with Crippen molar-refractivity contribution < 1.29 is 0 Å². The monoisotopic (exact) mass is 393 g/mol. The topological polar surface area (TPSA) is 39.8 Å². The van der Waals surface area contributed by atoms with Gasteiger partial charge in [0.15, 0.2) is 0 Å². The van der Waals surface area contributed by atoms with E-state index in [1.807, 2.05) is 24.4 Å². The van der Waals surface area contributed by atoms with Gasteiger partial charge in [-0.1, -0.05) is 77.9 Å². The predicted molar refractivity (Wildman–Crippen MR) is 121 cm³/mol. The van der Waals surface area contributed by atoms with E-state index in [2.05, 4.69) is 73.0 Å². The van der Waals surface area contributed by atoms with Crippen LogP contribution in [0.2, 0.25) is 0 Å². The van der Waals surface area contributed by atoms with E-state index in [0.717, 1.165) is 22.2 Å². The molecule has 0 radical (unpaired) electrons. The Balaban J connectivity index is 1.65. The Morgan fingerprint density at radius 2 is 1.60 bits per heavy atom. The molecule has 0 saturated heterocycles. The number of aromatic nitrogens is 3. The summed E-state index contributed by atoms with van der Waals surface area (Å²) in [5, 5.41) is 5.71. The van der Waals surface area contributed by atoms with Crippen LogP contribution in [0.3, 0.4) is 0 Å². The molecule has 148 valence electrons. The molecule has 0 bridgehead atoms. The van der Waals surface area contributed by atoms with Crippen LogP contribution in [0.25, 0.3) is 22.2 Å². The minimum atomic E-state index is -0.0469. The number of fused-ring (bicyclic) bond motifs is 3. The van der Waals surface area contributed by atoms with Gasteiger partial charge in [0, 0.05) is 18.1 Å². The zero-order valence-electron chi connectivity index (χ0n) is 17.2. The number of aryl methyl sites for hydroxylation is 2. The van der Waals surface area contributed by atoms with Gasteiger partial charge in [-0.2, -0.15) is 5.10 Å². The molecule has 0 unspecified atom stereocenters. The van der Waals surface area contributed by atoms with Crippen molar-refractivity contribution in [1.29, 1.82) is 0 Å². The number of rotatable bonds is 4. The van der Waals surface area contributed by atoms with Crippen LogP contribution >= 0.6 is 0 Å². The second-order valence-electron chi connectivity index (χ2n) is 7.97. The highest BCUT2D eigenvalue weighted by Gasteiger charge is 2.20. The van der Waals surface area contributed by atoms with Crippen molar-refractivity contribution in [1.82, 2.24) is 14.3 Å². The fraction of sp³-hybridized carbons (Fsp3) is 0.154. The van der Waals surface area contributed by atoms with Gasteiger partial charge in [0.25, 0.3) is 5.56 Å². The molecule has 0 amide bonds. The molecule has 0 N–H and O–H groups in total. The first kappa shape index (κ1) is 18.4. The lowest BCUT2D eigenvalue weighted by molar-refractivity contribution is 0.669. The van der Waals surface area contributed by atoms with Crippen molar-refractivity contribution in [3.05, 3.63) is 112 Å². The Morgan fingerprint density at radius 3 is 2.40 bits per heavy atom. The normalized spacial score (nSPS) is 11.4. The number of hydrogen-bond donors (Lipinski definition) is 0. The fourth-order valence-corrected chi connectivity index (χ4v) is 4.04. The van der Waals surface area contributed by atoms with E-state index in [4.69, 9.17) is 5.10 Å². The summed E-state index contributed by atoms with van der Waals surface area (Å²) in [4.78, 5) is 13.2. The van der Waals surface area contributed by atoms with Gasteiger partial charge in [-0.05, 0) is 31.0 Å². The third-order valence-corrected chi connectivity index (χ3v) is 5.58. The van der Waals surface area contributed by atoms with Crippen LogP contribution < -0.4 is 5.56 Å². The van der Waals surface area contributed by atoms with Crippen molar-refractivity contribution >= 4 is 10.9 Å². The van der Waals surface area contributed by atoms with Gasteiger partial charge < -0.3 is 4.57 Å². The van der Waals surface area contributed by atoms with Gasteiger partial charge in [-0.3, -0.25) is 4.79 Å². The van der Waals surface area contributed by atoms with Gasteiger partial charge >= 0.3 is 0 Å². The molecule has 0 fully saturated rings. The molecule has 2 heterocycles. The molecule has 3 aromatic carbocycles. The average molecular weight is 393 g/mol. The van der Waals surface area contributed by atoms with E-state index < -0.39 is 0 Å². The van der Waals surface area contributed by atoms with Gasteiger partial charge in [-0.15, -0.1) is 0 Å². The second-order valence-corrected chi connectivity index (χ2v) is 7.97. The average Bonchev–Trinajstić information content (AvgIpc) is 3.06. The lowest BCUT2D eigenvalue weighted by atomic mass is 10.1. The summed E-state index contributed by atoms with van der Waals surface area (Å²) < 4.78 is 3.74. The van der Waals surface area contributed by atoms with E-state index in [1.54, 1.807) is 4.68 Å². The van der Waals surface area contributed by atoms with Gasteiger partial charge in [0.05, 0.1) is 17.6 Å². The molecule has 2 aliphatic rings. The van der Waals surface area contributed by atoms with E-state index in [0.29, 0.717) is 18.7 Å². The van der Waals surface area contributed by atoms with Crippen molar-refractivity contribution in [2.45, 2.75) is 26.9 Å². The number of benzene rings is 3. The molecule has 0 aliphatic carbocycles. The molecular weight excluding hydrogens is 370 g/mol. The lowest BCUT2D eigenvalue weighted by Gasteiger charge is -2.14. The first-order chi connectivity index (χ1) is 14.6. The summed E-state index contributed by atoms with van der Waals surface area (Å²) in [7, 11) is 0. The number of pyridine rings is 1. The van der Waals surface area contributed by atoms with Crippen molar-refractivity contribution in [3.8, 4) is 11.3 Å². The van der Waals surface area contributed by atoms with E-state index >= 15 is 0 Å². The maximum atomic E-state index is 13.2. The van der Waals surface area contributed by atoms with Crippen LogP contribution in [0.15, 0.2) is 83.8 Å². The summed E-state index contributed by atoms with van der Waals surface area (Å²) in [5.41, 5.74) is 7.17. The highest BCUT2D eigenvalue weighted by atomic mass is 16.1. The smallest absolute Gasteiger partial charge is 0.278 e. The predicted octanol–water partition coefficient (Wildman–Crippen LogP) is 5.02. The molecule has 5 rings (SSSR count). The largest absolute Gasteiger partial charge is 0.342 e. The maximum absolute atomic E-state index is 13.2. The molecule has 0 atom stereocenters. The Morgan fingerprint density at radius 1 is 0.800 bits per heavy atom. The molecule has 4 nitrogen and oxygen atoms in total. The summed E-state index contributed by atoms with van der Waals surface area (Å²) in [6.07, 6.45) is 1.96. The van der Waals surface area contributed by atoms with E-state index in [-0.39, 0.29) is 5.56 Å².